The van der Waals surface area contributed by atoms with Crippen LogP contribution in [0.4, 0.5) is 5.69 Å². The summed E-state index contributed by atoms with van der Waals surface area (Å²) in [7, 11) is -0.924. The molecular weight excluding hydrogens is 250 g/mol. The summed E-state index contributed by atoms with van der Waals surface area (Å²) in [6.45, 7) is 5.81. The zero-order chi connectivity index (χ0) is 13.9. The largest absolute Gasteiger partial charge is 0.397 e. The van der Waals surface area contributed by atoms with Crippen LogP contribution >= 0.6 is 0 Å². The van der Waals surface area contributed by atoms with Gasteiger partial charge in [0.2, 0.25) is 0 Å². The summed E-state index contributed by atoms with van der Waals surface area (Å²) in [4.78, 5) is 12.1. The first-order chi connectivity index (χ1) is 8.31. The van der Waals surface area contributed by atoms with Crippen molar-refractivity contribution in [2.24, 2.45) is 0 Å². The summed E-state index contributed by atoms with van der Waals surface area (Å²) >= 11 is 0. The maximum absolute atomic E-state index is 12.1. The van der Waals surface area contributed by atoms with E-state index in [9.17, 15) is 9.00 Å². The predicted molar refractivity (Wildman–Crippen MR) is 75.1 cm³/mol. The van der Waals surface area contributed by atoms with Gasteiger partial charge in [-0.3, -0.25) is 9.00 Å². The molecule has 6 heteroatoms. The van der Waals surface area contributed by atoms with Gasteiger partial charge in [0, 0.05) is 41.1 Å². The van der Waals surface area contributed by atoms with Crippen molar-refractivity contribution in [3.8, 4) is 0 Å². The molecule has 2 atom stereocenters. The molecule has 0 saturated carbocycles. The predicted octanol–water partition coefficient (Wildman–Crippen LogP) is 1.15. The number of nitrogens with zero attached hydrogens (tertiary/aromatic N) is 1. The fourth-order valence-electron chi connectivity index (χ4n) is 1.80. The Morgan fingerprint density at radius 3 is 2.61 bits per heavy atom. The van der Waals surface area contributed by atoms with Gasteiger partial charge in [-0.05, 0) is 26.8 Å². The Hall–Kier alpha value is -1.30. The molecule has 1 rings (SSSR count). The SMILES string of the molecule is CC(CS(C)=O)NC(=O)c1cc(N)cn1C(C)C. The second-order valence-electron chi connectivity index (χ2n) is 4.77. The molecule has 0 radical (unpaired) electrons. The zero-order valence-electron chi connectivity index (χ0n) is 11.3. The van der Waals surface area contributed by atoms with Crippen LogP contribution in [0.5, 0.6) is 0 Å². The van der Waals surface area contributed by atoms with E-state index in [1.165, 1.54) is 0 Å². The lowest BCUT2D eigenvalue weighted by Crippen LogP contribution is -2.37. The van der Waals surface area contributed by atoms with Gasteiger partial charge in [0.1, 0.15) is 5.69 Å². The molecule has 0 bridgehead atoms. The normalized spacial score (nSPS) is 14.5. The van der Waals surface area contributed by atoms with E-state index in [0.29, 0.717) is 17.1 Å². The minimum absolute atomic E-state index is 0.125. The molecule has 5 nitrogen and oxygen atoms in total. The van der Waals surface area contributed by atoms with Crippen LogP contribution in [0.2, 0.25) is 0 Å². The van der Waals surface area contributed by atoms with Crippen molar-refractivity contribution in [3.05, 3.63) is 18.0 Å². The highest BCUT2D eigenvalue weighted by Crippen LogP contribution is 2.16. The summed E-state index contributed by atoms with van der Waals surface area (Å²) in [6.07, 6.45) is 3.37. The number of amides is 1. The van der Waals surface area contributed by atoms with Gasteiger partial charge in [-0.2, -0.15) is 0 Å². The molecule has 0 aliphatic carbocycles. The number of hydrogen-bond acceptors (Lipinski definition) is 3. The highest BCUT2D eigenvalue weighted by Gasteiger charge is 2.17. The van der Waals surface area contributed by atoms with Crippen LogP contribution in [-0.2, 0) is 10.8 Å². The zero-order valence-corrected chi connectivity index (χ0v) is 12.1. The highest BCUT2D eigenvalue weighted by molar-refractivity contribution is 7.84. The number of aromatic nitrogens is 1. The summed E-state index contributed by atoms with van der Waals surface area (Å²) in [5.41, 5.74) is 6.83. The second kappa shape index (κ2) is 6.04. The van der Waals surface area contributed by atoms with Crippen molar-refractivity contribution in [2.45, 2.75) is 32.9 Å². The minimum Gasteiger partial charge on any atom is -0.397 e. The summed E-state index contributed by atoms with van der Waals surface area (Å²) in [6, 6.07) is 1.70. The maximum Gasteiger partial charge on any atom is 0.268 e. The topological polar surface area (TPSA) is 77.1 Å². The number of carbonyl (C=O) groups is 1. The fraction of sp³-hybridized carbons (Fsp3) is 0.583. The van der Waals surface area contributed by atoms with Gasteiger partial charge in [0.25, 0.3) is 5.91 Å². The second-order valence-corrected chi connectivity index (χ2v) is 6.25. The number of hydrogen-bond donors (Lipinski definition) is 2. The van der Waals surface area contributed by atoms with E-state index < -0.39 is 10.8 Å². The first kappa shape index (κ1) is 14.8. The van der Waals surface area contributed by atoms with E-state index in [0.717, 1.165) is 0 Å². The Balaban J connectivity index is 2.81. The van der Waals surface area contributed by atoms with E-state index in [4.69, 9.17) is 5.73 Å². The fourth-order valence-corrected chi connectivity index (χ4v) is 2.59. The van der Waals surface area contributed by atoms with Crippen LogP contribution in [0.25, 0.3) is 0 Å². The lowest BCUT2D eigenvalue weighted by Gasteiger charge is -2.15. The lowest BCUT2D eigenvalue weighted by atomic mass is 10.3. The summed E-state index contributed by atoms with van der Waals surface area (Å²) < 4.78 is 12.9. The van der Waals surface area contributed by atoms with Crippen molar-refractivity contribution in [1.29, 1.82) is 0 Å². The third-order valence-electron chi connectivity index (χ3n) is 2.52. The molecule has 0 spiro atoms. The average Bonchev–Trinajstić information content (AvgIpc) is 2.58. The molecule has 3 N–H and O–H groups in total. The number of rotatable bonds is 5. The molecule has 0 aliphatic rings. The van der Waals surface area contributed by atoms with Crippen LogP contribution in [0, 0.1) is 0 Å². The third-order valence-corrected chi connectivity index (χ3v) is 3.49. The molecule has 0 fully saturated rings. The van der Waals surface area contributed by atoms with Crippen LogP contribution < -0.4 is 11.1 Å². The van der Waals surface area contributed by atoms with Gasteiger partial charge in [0.15, 0.2) is 0 Å². The molecule has 0 aromatic carbocycles. The molecule has 0 aliphatic heterocycles. The van der Waals surface area contributed by atoms with Crippen molar-refractivity contribution < 1.29 is 9.00 Å². The molecular formula is C12H21N3O2S. The molecule has 1 aromatic rings. The Labute approximate surface area is 110 Å². The summed E-state index contributed by atoms with van der Waals surface area (Å²) in [5.74, 6) is 0.266. The lowest BCUT2D eigenvalue weighted by molar-refractivity contribution is 0.0933. The number of anilines is 1. The standard InChI is InChI=1S/C12H21N3O2S/c1-8(2)15-6-10(13)5-11(15)12(16)14-9(3)7-18(4)17/h5-6,8-9H,7,13H2,1-4H3,(H,14,16). The third kappa shape index (κ3) is 3.87. The van der Waals surface area contributed by atoms with Gasteiger partial charge in [-0.15, -0.1) is 0 Å². The Bertz CT molecular complexity index is 454. The van der Waals surface area contributed by atoms with E-state index in [1.54, 1.807) is 18.5 Å². The van der Waals surface area contributed by atoms with Crippen LogP contribution in [-0.4, -0.2) is 32.7 Å². The molecule has 1 heterocycles. The highest BCUT2D eigenvalue weighted by atomic mass is 32.2. The van der Waals surface area contributed by atoms with Gasteiger partial charge >= 0.3 is 0 Å². The quantitative estimate of drug-likeness (QED) is 0.843. The van der Waals surface area contributed by atoms with Crippen LogP contribution in [0.15, 0.2) is 12.3 Å². The number of nitrogens with one attached hydrogen (secondary N) is 1. The Morgan fingerprint density at radius 1 is 1.50 bits per heavy atom. The molecule has 18 heavy (non-hydrogen) atoms. The maximum atomic E-state index is 12.1. The van der Waals surface area contributed by atoms with E-state index in [2.05, 4.69) is 5.32 Å². The Morgan fingerprint density at radius 2 is 2.11 bits per heavy atom. The molecule has 2 unspecified atom stereocenters. The first-order valence-electron chi connectivity index (χ1n) is 5.89. The summed E-state index contributed by atoms with van der Waals surface area (Å²) in [5, 5.41) is 2.83. The van der Waals surface area contributed by atoms with Crippen molar-refractivity contribution in [2.75, 3.05) is 17.7 Å². The molecule has 1 amide bonds. The van der Waals surface area contributed by atoms with Crippen molar-refractivity contribution >= 4 is 22.4 Å². The number of nitrogen functional groups attached to an aromatic ring is 1. The molecule has 0 saturated heterocycles. The monoisotopic (exact) mass is 271 g/mol. The Kier molecular flexibility index (Phi) is 4.95. The first-order valence-corrected chi connectivity index (χ1v) is 7.62. The van der Waals surface area contributed by atoms with Crippen LogP contribution in [0.1, 0.15) is 37.3 Å². The number of carbonyl (C=O) groups excluding carboxylic acids is 1. The van der Waals surface area contributed by atoms with Crippen molar-refractivity contribution in [1.82, 2.24) is 9.88 Å². The molecule has 102 valence electrons. The minimum atomic E-state index is -0.924. The smallest absolute Gasteiger partial charge is 0.268 e. The van der Waals surface area contributed by atoms with Gasteiger partial charge in [-0.25, -0.2) is 0 Å². The van der Waals surface area contributed by atoms with Crippen molar-refractivity contribution in [3.63, 3.8) is 0 Å². The van der Waals surface area contributed by atoms with E-state index in [1.807, 2.05) is 25.3 Å². The van der Waals surface area contributed by atoms with Gasteiger partial charge < -0.3 is 15.6 Å². The van der Waals surface area contributed by atoms with E-state index in [-0.39, 0.29) is 18.0 Å². The molecule has 1 aromatic heterocycles. The van der Waals surface area contributed by atoms with E-state index >= 15 is 0 Å². The van der Waals surface area contributed by atoms with Gasteiger partial charge in [0.05, 0.1) is 5.69 Å². The number of nitrogens with two attached hydrogens (primary N) is 1. The average molecular weight is 271 g/mol. The van der Waals surface area contributed by atoms with Crippen LogP contribution in [0.3, 0.4) is 0 Å². The van der Waals surface area contributed by atoms with Gasteiger partial charge in [-0.1, -0.05) is 0 Å².